The molecular formula is C50H51N4O6S3+. The summed E-state index contributed by atoms with van der Waals surface area (Å²) in [6, 6.07) is 37.9. The number of carboxylic acids is 1. The number of thiazole rings is 1. The molecule has 0 saturated carbocycles. The predicted molar refractivity (Wildman–Crippen MR) is 256 cm³/mol. The van der Waals surface area contributed by atoms with E-state index in [9.17, 15) is 22.9 Å². The molecule has 6 aromatic rings. The molecule has 0 bridgehead atoms. The number of benzene rings is 5. The van der Waals surface area contributed by atoms with Crippen LogP contribution < -0.4 is 19.1 Å². The number of anilines is 2. The molecule has 0 aliphatic carbocycles. The fourth-order valence-corrected chi connectivity index (χ4v) is 11.0. The third kappa shape index (κ3) is 10.2. The summed E-state index contributed by atoms with van der Waals surface area (Å²) in [6.07, 6.45) is 8.75. The fourth-order valence-electron chi connectivity index (χ4n) is 8.25. The first-order valence-electron chi connectivity index (χ1n) is 21.3. The van der Waals surface area contributed by atoms with E-state index in [0.29, 0.717) is 25.3 Å². The normalized spacial score (nSPS) is 16.5. The highest BCUT2D eigenvalue weighted by Gasteiger charge is 2.33. The van der Waals surface area contributed by atoms with Gasteiger partial charge in [0.1, 0.15) is 22.7 Å². The number of ether oxygens (including phenoxy) is 1. The lowest BCUT2D eigenvalue weighted by Gasteiger charge is -2.36. The Bertz CT molecular complexity index is 2840. The van der Waals surface area contributed by atoms with E-state index in [1.807, 2.05) is 65.6 Å². The van der Waals surface area contributed by atoms with Gasteiger partial charge in [0.15, 0.2) is 12.9 Å². The van der Waals surface area contributed by atoms with Gasteiger partial charge in [-0.25, -0.2) is 9.79 Å². The molecule has 5 aromatic carbocycles. The van der Waals surface area contributed by atoms with Crippen molar-refractivity contribution in [2.45, 2.75) is 83.1 Å². The molecule has 0 fully saturated rings. The highest BCUT2D eigenvalue weighted by atomic mass is 32.2. The first kappa shape index (κ1) is 43.9. The molecule has 3 heterocycles. The molecular weight excluding hydrogens is 849 g/mol. The quantitative estimate of drug-likeness (QED) is 0.0423. The molecule has 63 heavy (non-hydrogen) atoms. The summed E-state index contributed by atoms with van der Waals surface area (Å²) in [5.41, 5.74) is 9.45. The summed E-state index contributed by atoms with van der Waals surface area (Å²) in [6.45, 7) is 7.29. The van der Waals surface area contributed by atoms with Gasteiger partial charge < -0.3 is 19.6 Å². The van der Waals surface area contributed by atoms with Gasteiger partial charge in [-0.05, 0) is 89.6 Å². The molecule has 2 N–H and O–H groups in total. The Morgan fingerprint density at radius 1 is 0.952 bits per heavy atom. The lowest BCUT2D eigenvalue weighted by molar-refractivity contribution is -0.668. The van der Waals surface area contributed by atoms with Gasteiger partial charge in [-0.15, -0.1) is 0 Å². The summed E-state index contributed by atoms with van der Waals surface area (Å²) in [7, 11) is -4.11. The van der Waals surface area contributed by atoms with Gasteiger partial charge in [-0.3, -0.25) is 4.55 Å². The summed E-state index contributed by atoms with van der Waals surface area (Å²) >= 11 is 3.37. The van der Waals surface area contributed by atoms with Crippen LogP contribution >= 0.6 is 23.1 Å². The van der Waals surface area contributed by atoms with Crippen LogP contribution in [0.15, 0.2) is 142 Å². The van der Waals surface area contributed by atoms with Crippen molar-refractivity contribution < 1.29 is 32.2 Å². The number of aryl methyl sites for hydroxylation is 2. The van der Waals surface area contributed by atoms with E-state index < -0.39 is 22.1 Å². The van der Waals surface area contributed by atoms with Crippen molar-refractivity contribution in [3.8, 4) is 16.9 Å². The molecule has 2 atom stereocenters. The first-order valence-corrected chi connectivity index (χ1v) is 24.5. The molecule has 324 valence electrons. The summed E-state index contributed by atoms with van der Waals surface area (Å²) in [4.78, 5) is 22.8. The number of hydrogen-bond acceptors (Lipinski definition) is 9. The Balaban J connectivity index is 1.10. The smallest absolute Gasteiger partial charge is 0.326 e. The number of carboxylic acid groups (broad SMARTS) is 1. The Morgan fingerprint density at radius 3 is 2.51 bits per heavy atom. The first-order chi connectivity index (χ1) is 30.5. The zero-order valence-electron chi connectivity index (χ0n) is 35.6. The van der Waals surface area contributed by atoms with Crippen LogP contribution in [-0.2, 0) is 34.4 Å². The molecule has 0 amide bonds. The fraction of sp³-hybridized carbons (Fsp3) is 0.260. The second-order valence-corrected chi connectivity index (χ2v) is 19.6. The van der Waals surface area contributed by atoms with Crippen molar-refractivity contribution in [2.75, 3.05) is 15.6 Å². The van der Waals surface area contributed by atoms with Gasteiger partial charge in [-0.2, -0.15) is 13.0 Å². The number of aliphatic carboxylic acids is 1. The monoisotopic (exact) mass is 899 g/mol. The van der Waals surface area contributed by atoms with Crippen molar-refractivity contribution in [1.29, 1.82) is 0 Å². The Morgan fingerprint density at radius 2 is 1.75 bits per heavy atom. The maximum absolute atomic E-state index is 12.4. The van der Waals surface area contributed by atoms with Crippen LogP contribution in [-0.4, -0.2) is 48.4 Å². The second kappa shape index (κ2) is 19.3. The molecule has 1 aromatic heterocycles. The number of aliphatic imine (C=N–C) groups is 1. The highest BCUT2D eigenvalue weighted by molar-refractivity contribution is 8.03. The third-order valence-corrected chi connectivity index (χ3v) is 14.4. The minimum absolute atomic E-state index is 0.269. The average Bonchev–Trinajstić information content (AvgIpc) is 3.81. The maximum Gasteiger partial charge on any atom is 0.326 e. The number of hydrogen-bond donors (Lipinski definition) is 2. The number of fused-ring (bicyclic) bond motifs is 3. The third-order valence-electron chi connectivity index (χ3n) is 11.4. The summed E-state index contributed by atoms with van der Waals surface area (Å²) in [5.74, 6) is -0.613. The number of nitrogens with zero attached hydrogens (tertiary/aromatic N) is 4. The van der Waals surface area contributed by atoms with Gasteiger partial charge in [0.25, 0.3) is 15.1 Å². The molecule has 2 aliphatic rings. The minimum Gasteiger partial charge on any atom is -0.480 e. The van der Waals surface area contributed by atoms with Crippen molar-refractivity contribution in [2.24, 2.45) is 4.99 Å². The second-order valence-electron chi connectivity index (χ2n) is 15.9. The van der Waals surface area contributed by atoms with Gasteiger partial charge in [-0.1, -0.05) is 116 Å². The van der Waals surface area contributed by atoms with Gasteiger partial charge in [0.2, 0.25) is 5.52 Å². The van der Waals surface area contributed by atoms with Crippen LogP contribution in [0.3, 0.4) is 0 Å². The molecule has 10 nitrogen and oxygen atoms in total. The van der Waals surface area contributed by atoms with E-state index in [1.54, 1.807) is 23.1 Å². The zero-order chi connectivity index (χ0) is 44.1. The lowest BCUT2D eigenvalue weighted by Crippen LogP contribution is -2.45. The van der Waals surface area contributed by atoms with E-state index in [-0.39, 0.29) is 18.3 Å². The average molecular weight is 900 g/mol. The largest absolute Gasteiger partial charge is 0.480 e. The van der Waals surface area contributed by atoms with Crippen molar-refractivity contribution in [3.63, 3.8) is 0 Å². The van der Waals surface area contributed by atoms with E-state index >= 15 is 0 Å². The SMILES string of the molecule is CCCC(/N=C/Oc1cccc(N2Cc3ccccc3CC2C(=O)O)c1)N1/C(=C/C(=C/c2sc3ccc(-c4ccccc4)cc3[n+]2CCCS(=O)(=O)O)CC)Sc2ccc(C)cc21. The Kier molecular flexibility index (Phi) is 13.5. The number of aromatic nitrogens is 1. The van der Waals surface area contributed by atoms with Crippen LogP contribution in [0.2, 0.25) is 0 Å². The van der Waals surface area contributed by atoms with E-state index in [4.69, 9.17) is 9.73 Å². The van der Waals surface area contributed by atoms with E-state index in [0.717, 1.165) is 89.2 Å². The summed E-state index contributed by atoms with van der Waals surface area (Å²) in [5, 5.41) is 12.2. The molecule has 8 rings (SSSR count). The number of thioether (sulfide) groups is 1. The molecule has 0 radical (unpaired) electrons. The summed E-state index contributed by atoms with van der Waals surface area (Å²) < 4.78 is 42.6. The molecule has 13 heteroatoms. The Hall–Kier alpha value is -5.73. The van der Waals surface area contributed by atoms with Crippen molar-refractivity contribution >= 4 is 73.3 Å². The van der Waals surface area contributed by atoms with Crippen molar-refractivity contribution in [1.82, 2.24) is 0 Å². The van der Waals surface area contributed by atoms with Crippen LogP contribution in [0.25, 0.3) is 27.4 Å². The maximum atomic E-state index is 12.4. The molecule has 2 unspecified atom stereocenters. The minimum atomic E-state index is -4.11. The molecule has 2 aliphatic heterocycles. The molecule has 0 saturated heterocycles. The van der Waals surface area contributed by atoms with Gasteiger partial charge in [0, 0.05) is 48.2 Å². The lowest BCUT2D eigenvalue weighted by atomic mass is 9.93. The highest BCUT2D eigenvalue weighted by Crippen LogP contribution is 2.49. The number of allylic oxidation sites excluding steroid dienone is 2. The van der Waals surface area contributed by atoms with Crippen LogP contribution in [0.4, 0.5) is 11.4 Å². The molecule has 0 spiro atoms. The van der Waals surface area contributed by atoms with Crippen LogP contribution in [0.5, 0.6) is 5.75 Å². The van der Waals surface area contributed by atoms with Crippen molar-refractivity contribution in [3.05, 3.63) is 154 Å². The predicted octanol–water partition coefficient (Wildman–Crippen LogP) is 10.9. The zero-order valence-corrected chi connectivity index (χ0v) is 38.0. The van der Waals surface area contributed by atoms with Gasteiger partial charge in [0.05, 0.1) is 16.5 Å². The van der Waals surface area contributed by atoms with Gasteiger partial charge >= 0.3 is 5.97 Å². The van der Waals surface area contributed by atoms with Crippen LogP contribution in [0.1, 0.15) is 61.2 Å². The topological polar surface area (TPSA) is 124 Å². The number of rotatable bonds is 16. The number of carbonyl (C=O) groups is 1. The van der Waals surface area contributed by atoms with E-state index in [2.05, 4.69) is 97.0 Å². The van der Waals surface area contributed by atoms with Crippen LogP contribution in [0, 0.1) is 6.92 Å². The Labute approximate surface area is 377 Å². The van der Waals surface area contributed by atoms with E-state index in [1.165, 1.54) is 6.40 Å². The standard InChI is InChI=1S/C50H50N4O6S3/c1-4-13-47(51-33-60-41-19-11-18-40(31-41)53-32-39-17-10-9-16-37(39)30-44(53)50(55)56)54-43-26-34(3)20-22-46(43)62-49(54)28-35(5-2)27-48-52(24-12-25-63(57,58)59)42-29-38(21-23-45(42)61-48)36-14-7-6-8-15-36/h6-11,14-23,26-29,31,33,44,47H,4-5,12-13,24-25,30,32H2,1-3H3,(H-,55,56,57,58,59)/p+1/b51-33+.